The summed E-state index contributed by atoms with van der Waals surface area (Å²) in [5, 5.41) is 0. The molecule has 0 bridgehead atoms. The first-order valence-corrected chi connectivity index (χ1v) is 4.74. The van der Waals surface area contributed by atoms with E-state index in [1.54, 1.807) is 51.6 Å². The highest BCUT2D eigenvalue weighted by atomic mass is 32.1. The van der Waals surface area contributed by atoms with Crippen molar-refractivity contribution in [3.63, 3.8) is 0 Å². The van der Waals surface area contributed by atoms with Crippen LogP contribution in [-0.2, 0) is 13.6 Å². The maximum atomic E-state index is 11.4. The van der Waals surface area contributed by atoms with Gasteiger partial charge in [0.25, 0.3) is 0 Å². The average Bonchev–Trinajstić information content (AvgIpc) is 2.71. The third-order valence-electron chi connectivity index (χ3n) is 1.83. The van der Waals surface area contributed by atoms with Crippen LogP contribution in [-0.4, -0.2) is 14.1 Å². The first-order valence-electron chi connectivity index (χ1n) is 3.86. The summed E-state index contributed by atoms with van der Waals surface area (Å²) >= 11 is 1.56. The minimum absolute atomic E-state index is 0.00778. The standard InChI is InChI=1S/C8H9N3OS/c1-10-2-3-11(8(10)12)5-7-4-9-6-13-7/h2-4,6H,5H2,1H3. The van der Waals surface area contributed by atoms with Crippen LogP contribution in [0.15, 0.2) is 28.9 Å². The van der Waals surface area contributed by atoms with Crippen LogP contribution < -0.4 is 5.69 Å². The lowest BCUT2D eigenvalue weighted by Gasteiger charge is -1.95. The van der Waals surface area contributed by atoms with Gasteiger partial charge >= 0.3 is 5.69 Å². The predicted molar refractivity (Wildman–Crippen MR) is 50.9 cm³/mol. The Morgan fingerprint density at radius 2 is 2.38 bits per heavy atom. The molecule has 0 atom stereocenters. The van der Waals surface area contributed by atoms with Gasteiger partial charge in [-0.2, -0.15) is 0 Å². The van der Waals surface area contributed by atoms with E-state index in [0.29, 0.717) is 6.54 Å². The number of hydrogen-bond donors (Lipinski definition) is 0. The molecule has 0 saturated carbocycles. The third kappa shape index (κ3) is 1.55. The van der Waals surface area contributed by atoms with Gasteiger partial charge in [-0.25, -0.2) is 4.79 Å². The Balaban J connectivity index is 2.29. The highest BCUT2D eigenvalue weighted by Crippen LogP contribution is 2.06. The summed E-state index contributed by atoms with van der Waals surface area (Å²) in [5.74, 6) is 0. The van der Waals surface area contributed by atoms with Crippen molar-refractivity contribution < 1.29 is 0 Å². The van der Waals surface area contributed by atoms with E-state index in [1.807, 2.05) is 0 Å². The van der Waals surface area contributed by atoms with Crippen molar-refractivity contribution in [1.29, 1.82) is 0 Å². The van der Waals surface area contributed by atoms with Gasteiger partial charge in [0, 0.05) is 30.5 Å². The van der Waals surface area contributed by atoms with E-state index < -0.39 is 0 Å². The first-order chi connectivity index (χ1) is 6.27. The van der Waals surface area contributed by atoms with Gasteiger partial charge < -0.3 is 4.57 Å². The fourth-order valence-corrected chi connectivity index (χ4v) is 1.71. The van der Waals surface area contributed by atoms with Crippen LogP contribution in [0.3, 0.4) is 0 Å². The van der Waals surface area contributed by atoms with Gasteiger partial charge in [-0.3, -0.25) is 9.55 Å². The molecule has 2 heterocycles. The molecule has 0 aromatic carbocycles. The molecular formula is C8H9N3OS. The molecule has 0 unspecified atom stereocenters. The second-order valence-corrected chi connectivity index (χ2v) is 3.76. The molecule has 0 aliphatic carbocycles. The number of aryl methyl sites for hydroxylation is 1. The average molecular weight is 195 g/mol. The zero-order chi connectivity index (χ0) is 9.26. The van der Waals surface area contributed by atoms with Crippen molar-refractivity contribution in [1.82, 2.24) is 14.1 Å². The van der Waals surface area contributed by atoms with E-state index >= 15 is 0 Å². The Kier molecular flexibility index (Phi) is 2.02. The van der Waals surface area contributed by atoms with Gasteiger partial charge in [0.1, 0.15) is 0 Å². The van der Waals surface area contributed by atoms with Crippen LogP contribution in [0.25, 0.3) is 0 Å². The van der Waals surface area contributed by atoms with E-state index in [1.165, 1.54) is 0 Å². The van der Waals surface area contributed by atoms with Gasteiger partial charge in [0.2, 0.25) is 0 Å². The molecule has 2 aromatic rings. The Hall–Kier alpha value is -1.36. The summed E-state index contributed by atoms with van der Waals surface area (Å²) < 4.78 is 3.22. The summed E-state index contributed by atoms with van der Waals surface area (Å²) in [5.41, 5.74) is 1.77. The first kappa shape index (κ1) is 8.25. The van der Waals surface area contributed by atoms with E-state index in [-0.39, 0.29) is 5.69 Å². The van der Waals surface area contributed by atoms with Crippen LogP contribution in [0.5, 0.6) is 0 Å². The van der Waals surface area contributed by atoms with Crippen molar-refractivity contribution in [3.05, 3.63) is 39.5 Å². The maximum absolute atomic E-state index is 11.4. The second kappa shape index (κ2) is 3.18. The lowest BCUT2D eigenvalue weighted by molar-refractivity contribution is 0.723. The van der Waals surface area contributed by atoms with Gasteiger partial charge in [-0.15, -0.1) is 11.3 Å². The number of nitrogens with zero attached hydrogens (tertiary/aromatic N) is 3. The van der Waals surface area contributed by atoms with E-state index in [0.717, 1.165) is 4.88 Å². The summed E-state index contributed by atoms with van der Waals surface area (Å²) in [6.07, 6.45) is 5.32. The van der Waals surface area contributed by atoms with Crippen LogP contribution in [0, 0.1) is 0 Å². The fraction of sp³-hybridized carbons (Fsp3) is 0.250. The van der Waals surface area contributed by atoms with Crippen LogP contribution in [0.1, 0.15) is 4.88 Å². The van der Waals surface area contributed by atoms with Crippen molar-refractivity contribution in [3.8, 4) is 0 Å². The van der Waals surface area contributed by atoms with E-state index in [4.69, 9.17) is 0 Å². The van der Waals surface area contributed by atoms with Crippen LogP contribution >= 0.6 is 11.3 Å². The summed E-state index contributed by atoms with van der Waals surface area (Å²) in [4.78, 5) is 16.4. The van der Waals surface area contributed by atoms with Gasteiger partial charge in [-0.05, 0) is 0 Å². The molecule has 2 aromatic heterocycles. The van der Waals surface area contributed by atoms with Crippen LogP contribution in [0.4, 0.5) is 0 Å². The largest absolute Gasteiger partial charge is 0.328 e. The summed E-state index contributed by atoms with van der Waals surface area (Å²) in [6, 6.07) is 0. The summed E-state index contributed by atoms with van der Waals surface area (Å²) in [7, 11) is 1.74. The molecule has 0 N–H and O–H groups in total. The zero-order valence-electron chi connectivity index (χ0n) is 7.17. The van der Waals surface area contributed by atoms with Gasteiger partial charge in [-0.1, -0.05) is 0 Å². The molecule has 13 heavy (non-hydrogen) atoms. The smallest absolute Gasteiger partial charge is 0.302 e. The summed E-state index contributed by atoms with van der Waals surface area (Å²) in [6.45, 7) is 0.615. The Morgan fingerprint density at radius 3 is 2.92 bits per heavy atom. The number of imidazole rings is 1. The van der Waals surface area contributed by atoms with Crippen molar-refractivity contribution >= 4 is 11.3 Å². The molecule has 5 heteroatoms. The molecule has 0 radical (unpaired) electrons. The number of hydrogen-bond acceptors (Lipinski definition) is 3. The van der Waals surface area contributed by atoms with Crippen molar-refractivity contribution in [2.24, 2.45) is 7.05 Å². The monoisotopic (exact) mass is 195 g/mol. The molecule has 2 rings (SSSR count). The van der Waals surface area contributed by atoms with Crippen molar-refractivity contribution in [2.75, 3.05) is 0 Å². The zero-order valence-corrected chi connectivity index (χ0v) is 7.99. The fourth-order valence-electron chi connectivity index (χ4n) is 1.12. The second-order valence-electron chi connectivity index (χ2n) is 2.79. The normalized spacial score (nSPS) is 10.5. The minimum atomic E-state index is 0.00778. The molecule has 0 saturated heterocycles. The minimum Gasteiger partial charge on any atom is -0.302 e. The molecule has 0 fully saturated rings. The van der Waals surface area contributed by atoms with Crippen LogP contribution in [0.2, 0.25) is 0 Å². The molecular weight excluding hydrogens is 186 g/mol. The Bertz CT molecular complexity index is 440. The lowest BCUT2D eigenvalue weighted by Crippen LogP contribution is -2.21. The number of rotatable bonds is 2. The van der Waals surface area contributed by atoms with Gasteiger partial charge in [0.15, 0.2) is 0 Å². The quantitative estimate of drug-likeness (QED) is 0.707. The highest BCUT2D eigenvalue weighted by molar-refractivity contribution is 7.09. The van der Waals surface area contributed by atoms with E-state index in [2.05, 4.69) is 4.98 Å². The molecule has 0 aliphatic heterocycles. The number of aromatic nitrogens is 3. The highest BCUT2D eigenvalue weighted by Gasteiger charge is 2.01. The van der Waals surface area contributed by atoms with Gasteiger partial charge in [0.05, 0.1) is 12.1 Å². The Labute approximate surface area is 79.1 Å². The predicted octanol–water partition coefficient (Wildman–Crippen LogP) is 0.692. The molecule has 68 valence electrons. The molecule has 4 nitrogen and oxygen atoms in total. The maximum Gasteiger partial charge on any atom is 0.328 e. The SMILES string of the molecule is Cn1ccn(Cc2cncs2)c1=O. The molecule has 0 amide bonds. The van der Waals surface area contributed by atoms with E-state index in [9.17, 15) is 4.79 Å². The lowest BCUT2D eigenvalue weighted by atomic mass is 10.5. The Morgan fingerprint density at radius 1 is 1.54 bits per heavy atom. The molecule has 0 aliphatic rings. The third-order valence-corrected chi connectivity index (χ3v) is 2.59. The molecule has 0 spiro atoms. The van der Waals surface area contributed by atoms with Crippen molar-refractivity contribution in [2.45, 2.75) is 6.54 Å². The number of thiazole rings is 1. The topological polar surface area (TPSA) is 39.8 Å².